The number of carbonyl (C=O) groups excluding carboxylic acids is 1. The summed E-state index contributed by atoms with van der Waals surface area (Å²) in [6, 6.07) is 8.05. The summed E-state index contributed by atoms with van der Waals surface area (Å²) in [6.07, 6.45) is 1.25. The first-order valence-electron chi connectivity index (χ1n) is 7.93. The summed E-state index contributed by atoms with van der Waals surface area (Å²) in [4.78, 5) is 15.7. The third-order valence-electron chi connectivity index (χ3n) is 2.89. The van der Waals surface area contributed by atoms with Crippen molar-refractivity contribution in [2.45, 2.75) is 46.1 Å². The summed E-state index contributed by atoms with van der Waals surface area (Å²) in [7, 11) is 0. The number of rotatable bonds is 6. The van der Waals surface area contributed by atoms with Crippen molar-refractivity contribution in [2.24, 2.45) is 10.7 Å². The Balaban J connectivity index is 0.00000529. The lowest BCUT2D eigenvalue weighted by atomic mass is 10.1. The number of hydrogen-bond donors (Lipinski definition) is 3. The van der Waals surface area contributed by atoms with Gasteiger partial charge in [0.1, 0.15) is 5.60 Å². The van der Waals surface area contributed by atoms with Crippen LogP contribution >= 0.6 is 24.0 Å². The van der Waals surface area contributed by atoms with Crippen molar-refractivity contribution in [3.8, 4) is 0 Å². The van der Waals surface area contributed by atoms with Crippen molar-refractivity contribution in [1.29, 1.82) is 0 Å². The zero-order valence-corrected chi connectivity index (χ0v) is 17.2. The third kappa shape index (κ3) is 10.3. The van der Waals surface area contributed by atoms with Gasteiger partial charge in [-0.2, -0.15) is 0 Å². The van der Waals surface area contributed by atoms with E-state index in [-0.39, 0.29) is 24.0 Å². The van der Waals surface area contributed by atoms with Crippen LogP contribution in [0.1, 0.15) is 39.7 Å². The van der Waals surface area contributed by atoms with Gasteiger partial charge in [-0.1, -0.05) is 19.1 Å². The second-order valence-corrected chi connectivity index (χ2v) is 6.23. The Morgan fingerprint density at radius 1 is 1.33 bits per heavy atom. The van der Waals surface area contributed by atoms with Crippen molar-refractivity contribution in [3.05, 3.63) is 29.8 Å². The van der Waals surface area contributed by atoms with Crippen LogP contribution in [0, 0.1) is 0 Å². The van der Waals surface area contributed by atoms with Gasteiger partial charge in [-0.05, 0) is 51.3 Å². The van der Waals surface area contributed by atoms with E-state index < -0.39 is 11.7 Å². The van der Waals surface area contributed by atoms with Gasteiger partial charge in [0.25, 0.3) is 0 Å². The molecule has 0 aromatic heterocycles. The van der Waals surface area contributed by atoms with Gasteiger partial charge in [0.2, 0.25) is 0 Å². The van der Waals surface area contributed by atoms with Crippen LogP contribution in [0.3, 0.4) is 0 Å². The predicted octanol–water partition coefficient (Wildman–Crippen LogP) is 3.51. The molecule has 0 saturated heterocycles. The molecule has 0 unspecified atom stereocenters. The highest BCUT2D eigenvalue weighted by atomic mass is 127. The lowest BCUT2D eigenvalue weighted by Crippen LogP contribution is -2.33. The fourth-order valence-electron chi connectivity index (χ4n) is 1.84. The van der Waals surface area contributed by atoms with Gasteiger partial charge >= 0.3 is 6.09 Å². The molecule has 6 nitrogen and oxygen atoms in total. The second-order valence-electron chi connectivity index (χ2n) is 6.23. The fraction of sp³-hybridized carbons (Fsp3) is 0.529. The van der Waals surface area contributed by atoms with Crippen LogP contribution in [0.4, 0.5) is 10.5 Å². The van der Waals surface area contributed by atoms with Crippen LogP contribution in [-0.2, 0) is 11.2 Å². The molecule has 24 heavy (non-hydrogen) atoms. The molecule has 0 fully saturated rings. The molecule has 1 aromatic carbocycles. The van der Waals surface area contributed by atoms with E-state index in [1.54, 1.807) is 0 Å². The van der Waals surface area contributed by atoms with Gasteiger partial charge in [-0.25, -0.2) is 4.79 Å². The number of halogens is 1. The van der Waals surface area contributed by atoms with Crippen LogP contribution in [0.2, 0.25) is 0 Å². The average molecular weight is 448 g/mol. The van der Waals surface area contributed by atoms with Gasteiger partial charge in [-0.3, -0.25) is 4.99 Å². The number of carbonyl (C=O) groups is 1. The number of amides is 1. The maximum Gasteiger partial charge on any atom is 0.407 e. The largest absolute Gasteiger partial charge is 0.444 e. The first-order valence-corrected chi connectivity index (χ1v) is 7.93. The highest BCUT2D eigenvalue weighted by Gasteiger charge is 2.15. The topological polar surface area (TPSA) is 88.7 Å². The standard InChI is InChI=1S/C17H28N4O2.HI/c1-5-13-8-6-9-14(12-13)21-15(18)19-10-7-11-20-16(22)23-17(2,3)4;/h6,8-9,12H,5,7,10-11H2,1-4H3,(H,20,22)(H3,18,19,21);1H. The van der Waals surface area contributed by atoms with E-state index in [1.807, 2.05) is 39.0 Å². The molecule has 0 heterocycles. The number of hydrogen-bond acceptors (Lipinski definition) is 3. The van der Waals surface area contributed by atoms with Crippen molar-refractivity contribution < 1.29 is 9.53 Å². The molecule has 0 aliphatic carbocycles. The molecule has 1 aromatic rings. The number of alkyl carbamates (subject to hydrolysis) is 1. The van der Waals surface area contributed by atoms with Crippen molar-refractivity contribution in [2.75, 3.05) is 18.4 Å². The monoisotopic (exact) mass is 448 g/mol. The Kier molecular flexibility index (Phi) is 10.4. The molecule has 7 heteroatoms. The summed E-state index contributed by atoms with van der Waals surface area (Å²) in [5, 5.41) is 5.75. The molecule has 1 rings (SSSR count). The molecule has 0 aliphatic rings. The number of guanidine groups is 1. The minimum atomic E-state index is -0.483. The molecular weight excluding hydrogens is 419 g/mol. The number of nitrogens with zero attached hydrogens (tertiary/aromatic N) is 1. The Hall–Kier alpha value is -1.51. The molecule has 0 radical (unpaired) electrons. The number of anilines is 1. The lowest BCUT2D eigenvalue weighted by molar-refractivity contribution is 0.0527. The van der Waals surface area contributed by atoms with E-state index >= 15 is 0 Å². The Morgan fingerprint density at radius 3 is 2.67 bits per heavy atom. The maximum absolute atomic E-state index is 11.5. The molecule has 0 aliphatic heterocycles. The molecule has 0 spiro atoms. The van der Waals surface area contributed by atoms with Gasteiger partial charge in [0, 0.05) is 18.8 Å². The highest BCUT2D eigenvalue weighted by Crippen LogP contribution is 2.10. The van der Waals surface area contributed by atoms with E-state index in [9.17, 15) is 4.79 Å². The SMILES string of the molecule is CCc1cccc(NC(N)=NCCCNC(=O)OC(C)(C)C)c1.I. The Labute approximate surface area is 161 Å². The summed E-state index contributed by atoms with van der Waals surface area (Å²) >= 11 is 0. The van der Waals surface area contributed by atoms with Crippen LogP contribution in [0.15, 0.2) is 29.3 Å². The third-order valence-corrected chi connectivity index (χ3v) is 2.89. The van der Waals surface area contributed by atoms with Crippen LogP contribution in [-0.4, -0.2) is 30.7 Å². The number of nitrogens with one attached hydrogen (secondary N) is 2. The normalized spacial score (nSPS) is 11.4. The quantitative estimate of drug-likeness (QED) is 0.269. The number of benzene rings is 1. The minimum absolute atomic E-state index is 0. The zero-order valence-electron chi connectivity index (χ0n) is 14.9. The second kappa shape index (κ2) is 11.1. The van der Waals surface area contributed by atoms with Gasteiger partial charge in [0.05, 0.1) is 0 Å². The molecule has 1 amide bonds. The Bertz CT molecular complexity index is 542. The first kappa shape index (κ1) is 22.5. The first-order chi connectivity index (χ1) is 10.8. The number of nitrogens with two attached hydrogens (primary N) is 1. The predicted molar refractivity (Wildman–Crippen MR) is 110 cm³/mol. The van der Waals surface area contributed by atoms with Crippen molar-refractivity contribution >= 4 is 41.7 Å². The van der Waals surface area contributed by atoms with Crippen molar-refractivity contribution in [1.82, 2.24) is 5.32 Å². The number of ether oxygens (including phenoxy) is 1. The molecule has 0 bridgehead atoms. The highest BCUT2D eigenvalue weighted by molar-refractivity contribution is 14.0. The summed E-state index contributed by atoms with van der Waals surface area (Å²) in [5.74, 6) is 0.371. The fourth-order valence-corrected chi connectivity index (χ4v) is 1.84. The number of aryl methyl sites for hydroxylation is 1. The van der Waals surface area contributed by atoms with Crippen LogP contribution in [0.25, 0.3) is 0 Å². The van der Waals surface area contributed by atoms with Gasteiger partial charge in [0.15, 0.2) is 5.96 Å². The lowest BCUT2D eigenvalue weighted by Gasteiger charge is -2.19. The summed E-state index contributed by atoms with van der Waals surface area (Å²) < 4.78 is 5.14. The molecule has 0 atom stereocenters. The van der Waals surface area contributed by atoms with Gasteiger partial charge < -0.3 is 21.1 Å². The summed E-state index contributed by atoms with van der Waals surface area (Å²) in [5.41, 5.74) is 7.54. The molecule has 0 saturated carbocycles. The molecule has 136 valence electrons. The van der Waals surface area contributed by atoms with E-state index in [2.05, 4.69) is 28.6 Å². The minimum Gasteiger partial charge on any atom is -0.444 e. The van der Waals surface area contributed by atoms with E-state index in [0.29, 0.717) is 25.5 Å². The maximum atomic E-state index is 11.5. The van der Waals surface area contributed by atoms with Crippen molar-refractivity contribution in [3.63, 3.8) is 0 Å². The number of aliphatic imine (C=N–C) groups is 1. The Morgan fingerprint density at radius 2 is 2.04 bits per heavy atom. The zero-order chi connectivity index (χ0) is 17.3. The van der Waals surface area contributed by atoms with Crippen LogP contribution < -0.4 is 16.4 Å². The van der Waals surface area contributed by atoms with Crippen LogP contribution in [0.5, 0.6) is 0 Å². The average Bonchev–Trinajstić information content (AvgIpc) is 2.45. The van der Waals surface area contributed by atoms with E-state index in [1.165, 1.54) is 5.56 Å². The van der Waals surface area contributed by atoms with E-state index in [0.717, 1.165) is 12.1 Å². The molecular formula is C17H29IN4O2. The smallest absolute Gasteiger partial charge is 0.407 e. The molecule has 4 N–H and O–H groups in total. The van der Waals surface area contributed by atoms with Gasteiger partial charge in [-0.15, -0.1) is 24.0 Å². The van der Waals surface area contributed by atoms with E-state index in [4.69, 9.17) is 10.5 Å². The summed E-state index contributed by atoms with van der Waals surface area (Å²) in [6.45, 7) is 8.62.